The molecule has 6 amide bonds. The van der Waals surface area contributed by atoms with Crippen LogP contribution in [0.1, 0.15) is 64.5 Å². The molecule has 0 aromatic heterocycles. The van der Waals surface area contributed by atoms with Crippen molar-refractivity contribution in [1.29, 1.82) is 0 Å². The molecular weight excluding hydrogens is 979 g/mol. The van der Waals surface area contributed by atoms with Crippen molar-refractivity contribution in [2.24, 2.45) is 0 Å². The Morgan fingerprint density at radius 1 is 0.608 bits per heavy atom. The number of hydrogen-bond acceptors (Lipinski definition) is 10. The van der Waals surface area contributed by atoms with Crippen LogP contribution in [0.4, 0.5) is 26.3 Å². The molecule has 2 aromatic carbocycles. The molecule has 22 heteroatoms. The Hall–Kier alpha value is -6.20. The average molecular weight is 1050 g/mol. The Morgan fingerprint density at radius 2 is 0.959 bits per heavy atom. The summed E-state index contributed by atoms with van der Waals surface area (Å²) in [5, 5.41) is 11.0. The van der Waals surface area contributed by atoms with Crippen LogP contribution in [-0.2, 0) is 51.1 Å². The van der Waals surface area contributed by atoms with E-state index >= 15 is 0 Å². The van der Waals surface area contributed by atoms with Gasteiger partial charge >= 0.3 is 24.2 Å². The molecule has 8 unspecified atom stereocenters. The minimum Gasteiger partial charge on any atom is -0.363 e. The largest absolute Gasteiger partial charge is 0.471 e. The lowest BCUT2D eigenvalue weighted by atomic mass is 10.1. The molecule has 406 valence electrons. The summed E-state index contributed by atoms with van der Waals surface area (Å²) in [4.78, 5) is 84.0. The fourth-order valence-electron chi connectivity index (χ4n) is 8.50. The summed E-state index contributed by atoms with van der Waals surface area (Å²) in [5.74, 6) is 4.25. The summed E-state index contributed by atoms with van der Waals surface area (Å²) < 4.78 is 94.5. The predicted molar refractivity (Wildman–Crippen MR) is 262 cm³/mol. The van der Waals surface area contributed by atoms with Crippen LogP contribution >= 0.6 is 0 Å². The van der Waals surface area contributed by atoms with E-state index in [4.69, 9.17) is 9.47 Å². The quantitative estimate of drug-likeness (QED) is 0.0901. The van der Waals surface area contributed by atoms with Gasteiger partial charge in [0.2, 0.25) is 23.6 Å². The van der Waals surface area contributed by atoms with Crippen molar-refractivity contribution in [2.45, 2.75) is 127 Å². The molecule has 0 bridgehead atoms. The zero-order chi connectivity index (χ0) is 54.6. The van der Waals surface area contributed by atoms with Gasteiger partial charge in [-0.2, -0.15) is 26.3 Å². The molecule has 0 spiro atoms. The Labute approximate surface area is 429 Å². The second-order valence-electron chi connectivity index (χ2n) is 18.3. The fraction of sp³-hybridized carbons (Fsp3) is 0.577. The van der Waals surface area contributed by atoms with Crippen molar-refractivity contribution in [2.75, 3.05) is 66.6 Å². The van der Waals surface area contributed by atoms with Gasteiger partial charge in [0.25, 0.3) is 0 Å². The van der Waals surface area contributed by atoms with E-state index in [0.717, 1.165) is 11.1 Å². The van der Waals surface area contributed by atoms with Crippen LogP contribution in [0.2, 0.25) is 0 Å². The number of likely N-dealkylation sites (tertiary alicyclic amines) is 2. The Morgan fingerprint density at radius 3 is 1.28 bits per heavy atom. The number of benzene rings is 2. The van der Waals surface area contributed by atoms with Crippen molar-refractivity contribution in [3.05, 3.63) is 71.8 Å². The van der Waals surface area contributed by atoms with E-state index in [0.29, 0.717) is 35.5 Å². The van der Waals surface area contributed by atoms with Gasteiger partial charge in [-0.3, -0.25) is 28.8 Å². The predicted octanol–water partition coefficient (Wildman–Crippen LogP) is 3.24. The van der Waals surface area contributed by atoms with Gasteiger partial charge in [-0.25, -0.2) is 0 Å². The van der Waals surface area contributed by atoms with Crippen LogP contribution < -0.4 is 21.3 Å². The van der Waals surface area contributed by atoms with Crippen molar-refractivity contribution < 1.29 is 64.6 Å². The maximum Gasteiger partial charge on any atom is 0.471 e. The lowest BCUT2D eigenvalue weighted by Gasteiger charge is -2.35. The normalized spacial score (nSPS) is 18.1. The first-order valence-corrected chi connectivity index (χ1v) is 24.6. The van der Waals surface area contributed by atoms with Crippen LogP contribution in [0.25, 0.3) is 0 Å². The van der Waals surface area contributed by atoms with Gasteiger partial charge in [0.15, 0.2) is 0 Å². The molecule has 0 radical (unpaired) electrons. The topological polar surface area (TPSA) is 182 Å². The number of likely N-dealkylation sites (N-methyl/N-ethyl adjacent to an activating group) is 2. The molecule has 74 heavy (non-hydrogen) atoms. The second kappa shape index (κ2) is 29.0. The molecule has 4 N–H and O–H groups in total. The SMILES string of the molecule is CNC(C)C(=O)NC(C(=O)N1CCCC1CN(CCc1ccccc1)C(=O)C(F)(F)F)C(C)OCC#CC#CCOC(C)C(NC(=O)C(C)NC)C(=O)N1CCCC1CN(CCc1ccccc1)C(=O)C(F)(F)F. The summed E-state index contributed by atoms with van der Waals surface area (Å²) >= 11 is 0. The number of carbonyl (C=O) groups is 6. The van der Waals surface area contributed by atoms with Gasteiger partial charge in [0.1, 0.15) is 25.3 Å². The fourth-order valence-corrected chi connectivity index (χ4v) is 8.50. The second-order valence-corrected chi connectivity index (χ2v) is 18.3. The monoisotopic (exact) mass is 1050 g/mol. The third-order valence-corrected chi connectivity index (χ3v) is 13.1. The molecule has 8 atom stereocenters. The molecule has 2 fully saturated rings. The van der Waals surface area contributed by atoms with Crippen molar-refractivity contribution in [3.63, 3.8) is 0 Å². The summed E-state index contributed by atoms with van der Waals surface area (Å²) in [5.41, 5.74) is 1.47. The third-order valence-electron chi connectivity index (χ3n) is 13.1. The maximum atomic E-state index is 14.2. The molecule has 2 heterocycles. The minimum absolute atomic E-state index is 0.159. The molecule has 16 nitrogen and oxygen atoms in total. The summed E-state index contributed by atoms with van der Waals surface area (Å²) in [7, 11) is 3.10. The van der Waals surface area contributed by atoms with Crippen LogP contribution in [0.3, 0.4) is 0 Å². The van der Waals surface area contributed by atoms with Crippen LogP contribution in [0.5, 0.6) is 0 Å². The summed E-state index contributed by atoms with van der Waals surface area (Å²) in [6, 6.07) is 11.9. The maximum absolute atomic E-state index is 14.2. The minimum atomic E-state index is -5.14. The molecule has 0 aliphatic carbocycles. The number of ether oxygens (including phenoxy) is 2. The van der Waals surface area contributed by atoms with Gasteiger partial charge in [0, 0.05) is 51.4 Å². The number of nitrogens with zero attached hydrogens (tertiary/aromatic N) is 4. The van der Waals surface area contributed by atoms with Crippen molar-refractivity contribution in [1.82, 2.24) is 40.9 Å². The van der Waals surface area contributed by atoms with E-state index in [1.165, 1.54) is 23.6 Å². The van der Waals surface area contributed by atoms with Gasteiger partial charge in [-0.15, -0.1) is 0 Å². The molecular formula is C52H68F6N8O8. The zero-order valence-electron chi connectivity index (χ0n) is 42.6. The number of carbonyl (C=O) groups excluding carboxylic acids is 6. The number of hydrogen-bond donors (Lipinski definition) is 4. The number of halogens is 6. The lowest BCUT2D eigenvalue weighted by Crippen LogP contribution is -2.59. The average Bonchev–Trinajstić information content (AvgIpc) is 4.06. The highest BCUT2D eigenvalue weighted by Crippen LogP contribution is 2.27. The van der Waals surface area contributed by atoms with E-state index in [2.05, 4.69) is 44.9 Å². The molecule has 2 aliphatic rings. The van der Waals surface area contributed by atoms with Gasteiger partial charge in [0.05, 0.1) is 24.3 Å². The van der Waals surface area contributed by atoms with Crippen LogP contribution in [-0.4, -0.2) is 182 Å². The van der Waals surface area contributed by atoms with E-state index < -0.39 is 96.3 Å². The number of nitrogens with one attached hydrogen (secondary N) is 4. The van der Waals surface area contributed by atoms with Crippen molar-refractivity contribution in [3.8, 4) is 23.7 Å². The van der Waals surface area contributed by atoms with E-state index in [9.17, 15) is 55.1 Å². The number of amides is 6. The first-order chi connectivity index (χ1) is 35.1. The van der Waals surface area contributed by atoms with Gasteiger partial charge in [-0.05, 0) is 103 Å². The van der Waals surface area contributed by atoms with Gasteiger partial charge < -0.3 is 50.3 Å². The Kier molecular flexibility index (Phi) is 23.7. The first-order valence-electron chi connectivity index (χ1n) is 24.6. The zero-order valence-corrected chi connectivity index (χ0v) is 42.6. The molecule has 2 saturated heterocycles. The summed E-state index contributed by atoms with van der Waals surface area (Å²) in [6.07, 6.45) is -10.4. The Bertz CT molecular complexity index is 2150. The molecule has 4 rings (SSSR count). The van der Waals surface area contributed by atoms with Crippen molar-refractivity contribution >= 4 is 35.4 Å². The van der Waals surface area contributed by atoms with Crippen LogP contribution in [0, 0.1) is 23.7 Å². The van der Waals surface area contributed by atoms with E-state index in [1.54, 1.807) is 88.6 Å². The summed E-state index contributed by atoms with van der Waals surface area (Å²) in [6.45, 7) is 4.78. The molecule has 0 saturated carbocycles. The number of alkyl halides is 6. The highest BCUT2D eigenvalue weighted by molar-refractivity contribution is 5.91. The lowest BCUT2D eigenvalue weighted by molar-refractivity contribution is -0.186. The van der Waals surface area contributed by atoms with Gasteiger partial charge in [-0.1, -0.05) is 72.5 Å². The Balaban J connectivity index is 1.41. The number of rotatable bonds is 24. The highest BCUT2D eigenvalue weighted by atomic mass is 19.4. The van der Waals surface area contributed by atoms with E-state index in [-0.39, 0.29) is 65.3 Å². The smallest absolute Gasteiger partial charge is 0.363 e. The molecule has 2 aromatic rings. The first kappa shape index (κ1) is 60.4. The van der Waals surface area contributed by atoms with E-state index in [1.807, 2.05) is 0 Å². The third kappa shape index (κ3) is 18.3. The standard InChI is InChI=1S/C52H68F6N8O8/c1-35(59-5)45(67)61-43(47(69)65-27-17-23-41(65)33-63(49(71)51(53,54)55)29-25-39-19-11-9-12-20-39)37(3)73-31-15-7-8-16-32-74-38(4)44(62-46(68)36(2)60-6)48(70)66-28-18-24-42(66)34-64(50(72)52(56,57)58)30-26-40-21-13-10-14-22-40/h9-14,19-22,35-38,41-44,59-60H,17-18,23-34H2,1-6H3,(H,61,67)(H,62,68). The highest BCUT2D eigenvalue weighted by Gasteiger charge is 2.46. The molecule has 2 aliphatic heterocycles. The van der Waals surface area contributed by atoms with Crippen LogP contribution in [0.15, 0.2) is 60.7 Å².